The summed E-state index contributed by atoms with van der Waals surface area (Å²) in [5.41, 5.74) is 2.33. The molecule has 0 aromatic carbocycles. The largest absolute Gasteiger partial charge is 0.381 e. The molecule has 1 aliphatic heterocycles. The van der Waals surface area contributed by atoms with Crippen LogP contribution >= 0.6 is 11.6 Å². The predicted octanol–water partition coefficient (Wildman–Crippen LogP) is 4.51. The van der Waals surface area contributed by atoms with Gasteiger partial charge in [0.05, 0.1) is 16.5 Å². The van der Waals surface area contributed by atoms with Crippen molar-refractivity contribution < 1.29 is 17.5 Å². The van der Waals surface area contributed by atoms with Crippen LogP contribution in [0.3, 0.4) is 0 Å². The zero-order valence-corrected chi connectivity index (χ0v) is 22.4. The average Bonchev–Trinajstić information content (AvgIpc) is 2.86. The summed E-state index contributed by atoms with van der Waals surface area (Å²) in [6.45, 7) is 2.67. The van der Waals surface area contributed by atoms with E-state index in [-0.39, 0.29) is 17.4 Å². The van der Waals surface area contributed by atoms with Gasteiger partial charge >= 0.3 is 0 Å². The summed E-state index contributed by atoms with van der Waals surface area (Å²) >= 11 is 6.48. The number of hydrogen-bond donors (Lipinski definition) is 2. The van der Waals surface area contributed by atoms with E-state index in [0.717, 1.165) is 69.4 Å². The zero-order chi connectivity index (χ0) is 25.5. The first kappa shape index (κ1) is 27.2. The lowest BCUT2D eigenvalue weighted by molar-refractivity contribution is 0.0699. The van der Waals surface area contributed by atoms with Crippen molar-refractivity contribution in [3.05, 3.63) is 40.9 Å². The summed E-state index contributed by atoms with van der Waals surface area (Å²) in [6.07, 6.45) is 9.87. The molecule has 2 aromatic rings. The molecule has 0 radical (unpaired) electrons. The number of rotatable bonds is 10. The third kappa shape index (κ3) is 8.10. The molecule has 0 unspecified atom stereocenters. The minimum Gasteiger partial charge on any atom is -0.381 e. The van der Waals surface area contributed by atoms with Crippen LogP contribution in [0.1, 0.15) is 44.2 Å². The van der Waals surface area contributed by atoms with Crippen molar-refractivity contribution in [2.75, 3.05) is 43.6 Å². The fourth-order valence-electron chi connectivity index (χ4n) is 5.01. The van der Waals surface area contributed by atoms with Crippen molar-refractivity contribution in [1.29, 1.82) is 0 Å². The lowest BCUT2D eigenvalue weighted by atomic mass is 9.83. The molecule has 0 amide bonds. The quantitative estimate of drug-likeness (QED) is 0.459. The van der Waals surface area contributed by atoms with E-state index in [4.69, 9.17) is 16.3 Å². The van der Waals surface area contributed by atoms with Crippen LogP contribution in [0.2, 0.25) is 5.02 Å². The van der Waals surface area contributed by atoms with Crippen LogP contribution in [0, 0.1) is 17.7 Å². The highest BCUT2D eigenvalue weighted by Crippen LogP contribution is 2.31. The number of sulfone groups is 1. The van der Waals surface area contributed by atoms with Gasteiger partial charge in [-0.25, -0.2) is 17.8 Å². The van der Waals surface area contributed by atoms with Gasteiger partial charge in [0.2, 0.25) is 0 Å². The van der Waals surface area contributed by atoms with Crippen molar-refractivity contribution in [3.63, 3.8) is 0 Å². The van der Waals surface area contributed by atoms with Gasteiger partial charge in [-0.2, -0.15) is 0 Å². The molecule has 10 heteroatoms. The van der Waals surface area contributed by atoms with Crippen LogP contribution in [0.25, 0.3) is 11.3 Å². The van der Waals surface area contributed by atoms with Gasteiger partial charge in [0.1, 0.15) is 9.84 Å². The Morgan fingerprint density at radius 1 is 1.11 bits per heavy atom. The molecule has 2 aromatic heterocycles. The summed E-state index contributed by atoms with van der Waals surface area (Å²) in [5.74, 6) is 1.00. The number of aromatic nitrogens is 2. The number of hydrogen-bond acceptors (Lipinski definition) is 7. The predicted molar refractivity (Wildman–Crippen MR) is 142 cm³/mol. The third-order valence-corrected chi connectivity index (χ3v) is 8.43. The maximum absolute atomic E-state index is 14.5. The highest BCUT2D eigenvalue weighted by Gasteiger charge is 2.22. The molecule has 2 fully saturated rings. The molecule has 36 heavy (non-hydrogen) atoms. The Bertz CT molecular complexity index is 1120. The van der Waals surface area contributed by atoms with Crippen LogP contribution < -0.4 is 10.6 Å². The first-order valence-electron chi connectivity index (χ1n) is 12.8. The van der Waals surface area contributed by atoms with Crippen LogP contribution in [0.4, 0.5) is 10.2 Å². The second-order valence-corrected chi connectivity index (χ2v) is 12.8. The average molecular weight is 539 g/mol. The highest BCUT2D eigenvalue weighted by atomic mass is 35.5. The van der Waals surface area contributed by atoms with Crippen molar-refractivity contribution >= 4 is 27.3 Å². The fraction of sp³-hybridized carbons (Fsp3) is 0.615. The number of ether oxygens (including phenoxy) is 1. The van der Waals surface area contributed by atoms with Crippen LogP contribution in [-0.2, 0) is 21.0 Å². The molecule has 0 spiro atoms. The molecule has 1 saturated carbocycles. The van der Waals surface area contributed by atoms with E-state index in [1.54, 1.807) is 12.3 Å². The Morgan fingerprint density at radius 2 is 1.86 bits per heavy atom. The van der Waals surface area contributed by atoms with E-state index in [9.17, 15) is 12.8 Å². The number of pyridine rings is 2. The smallest absolute Gasteiger partial charge is 0.165 e. The Balaban J connectivity index is 1.35. The van der Waals surface area contributed by atoms with Crippen LogP contribution in [0.5, 0.6) is 0 Å². The van der Waals surface area contributed by atoms with Gasteiger partial charge in [-0.15, -0.1) is 0 Å². The summed E-state index contributed by atoms with van der Waals surface area (Å²) < 4.78 is 42.5. The topological polar surface area (TPSA) is 93.2 Å². The first-order chi connectivity index (χ1) is 17.3. The molecule has 7 nitrogen and oxygen atoms in total. The summed E-state index contributed by atoms with van der Waals surface area (Å²) in [4.78, 5) is 9.10. The maximum atomic E-state index is 14.5. The molecular weight excluding hydrogens is 503 g/mol. The van der Waals surface area contributed by atoms with Gasteiger partial charge in [0.25, 0.3) is 0 Å². The summed E-state index contributed by atoms with van der Waals surface area (Å²) in [5, 5.41) is 7.05. The van der Waals surface area contributed by atoms with Crippen molar-refractivity contribution in [3.8, 4) is 11.3 Å². The minimum absolute atomic E-state index is 0.175. The zero-order valence-electron chi connectivity index (χ0n) is 20.8. The minimum atomic E-state index is -2.94. The van der Waals surface area contributed by atoms with Gasteiger partial charge in [-0.3, -0.25) is 4.98 Å². The normalized spacial score (nSPS) is 21.4. The Morgan fingerprint density at radius 3 is 2.58 bits per heavy atom. The SMILES string of the molecule is CS(=O)(=O)CCNC1CCC(Cc2cc(-c3ccc(F)c(NCC4CCOCC4)n3)c(Cl)cn2)CC1. The summed E-state index contributed by atoms with van der Waals surface area (Å²) in [6, 6.07) is 5.43. The molecule has 3 heterocycles. The Labute approximate surface area is 218 Å². The molecule has 2 N–H and O–H groups in total. The monoisotopic (exact) mass is 538 g/mol. The number of halogens is 2. The molecule has 1 saturated heterocycles. The van der Waals surface area contributed by atoms with Crippen LogP contribution in [0.15, 0.2) is 24.4 Å². The van der Waals surface area contributed by atoms with E-state index in [2.05, 4.69) is 20.6 Å². The van der Waals surface area contributed by atoms with E-state index in [0.29, 0.717) is 41.7 Å². The summed E-state index contributed by atoms with van der Waals surface area (Å²) in [7, 11) is -2.94. The Kier molecular flexibility index (Phi) is 9.55. The van der Waals surface area contributed by atoms with Gasteiger partial charge in [0.15, 0.2) is 11.6 Å². The first-order valence-corrected chi connectivity index (χ1v) is 15.2. The van der Waals surface area contributed by atoms with E-state index >= 15 is 0 Å². The Hall–Kier alpha value is -1.81. The van der Waals surface area contributed by atoms with E-state index in [1.807, 2.05) is 6.07 Å². The number of nitrogens with zero attached hydrogens (tertiary/aromatic N) is 2. The molecular formula is C26H36ClFN4O3S. The maximum Gasteiger partial charge on any atom is 0.165 e. The molecule has 0 bridgehead atoms. The van der Waals surface area contributed by atoms with Gasteiger partial charge in [0, 0.05) is 56.1 Å². The molecule has 0 atom stereocenters. The van der Waals surface area contributed by atoms with Crippen molar-refractivity contribution in [2.45, 2.75) is 51.0 Å². The van der Waals surface area contributed by atoms with Gasteiger partial charge < -0.3 is 15.4 Å². The van der Waals surface area contributed by atoms with Crippen molar-refractivity contribution in [2.24, 2.45) is 11.8 Å². The molecule has 4 rings (SSSR count). The molecule has 1 aliphatic carbocycles. The van der Waals surface area contributed by atoms with E-state index < -0.39 is 9.84 Å². The van der Waals surface area contributed by atoms with Crippen LogP contribution in [-0.4, -0.2) is 62.7 Å². The second kappa shape index (κ2) is 12.6. The second-order valence-electron chi connectivity index (χ2n) is 10.1. The van der Waals surface area contributed by atoms with E-state index in [1.165, 1.54) is 12.3 Å². The fourth-order valence-corrected chi connectivity index (χ4v) is 5.70. The molecule has 198 valence electrons. The molecule has 2 aliphatic rings. The van der Waals surface area contributed by atoms with Gasteiger partial charge in [-0.05, 0) is 75.0 Å². The third-order valence-electron chi connectivity index (χ3n) is 7.18. The van der Waals surface area contributed by atoms with Crippen molar-refractivity contribution in [1.82, 2.24) is 15.3 Å². The standard InChI is InChI=1S/C26H36ClFN4O3S/c1-36(33,34)13-10-29-20-4-2-18(3-5-20)14-21-15-22(23(27)17-30-21)25-7-6-24(28)26(32-25)31-16-19-8-11-35-12-9-19/h6-7,15,17-20,29H,2-5,8-14,16H2,1H3,(H,31,32). The number of anilines is 1. The van der Waals surface area contributed by atoms with Gasteiger partial charge in [-0.1, -0.05) is 11.6 Å². The number of nitrogens with one attached hydrogen (secondary N) is 2. The lowest BCUT2D eigenvalue weighted by Gasteiger charge is -2.29. The lowest BCUT2D eigenvalue weighted by Crippen LogP contribution is -2.36. The highest BCUT2D eigenvalue weighted by molar-refractivity contribution is 7.90.